The highest BCUT2D eigenvalue weighted by molar-refractivity contribution is 5.84. The maximum atomic E-state index is 5.82. The van der Waals surface area contributed by atoms with Crippen LogP contribution in [0.1, 0.15) is 24.8 Å². The number of nitrogens with one attached hydrogen (secondary N) is 2. The van der Waals surface area contributed by atoms with Gasteiger partial charge in [0.05, 0.1) is 19.1 Å². The first kappa shape index (κ1) is 17.7. The van der Waals surface area contributed by atoms with Gasteiger partial charge in [-0.15, -0.1) is 0 Å². The van der Waals surface area contributed by atoms with Gasteiger partial charge in [-0.3, -0.25) is 4.57 Å². The zero-order valence-corrected chi connectivity index (χ0v) is 15.7. The number of likely N-dealkylation sites (N-methyl/N-ethyl adjacent to an activating group) is 1. The van der Waals surface area contributed by atoms with Crippen LogP contribution < -0.4 is 10.6 Å². The van der Waals surface area contributed by atoms with Gasteiger partial charge in [-0.1, -0.05) is 0 Å². The molecule has 1 fully saturated rings. The van der Waals surface area contributed by atoms with Gasteiger partial charge in [0.25, 0.3) is 0 Å². The Balaban J connectivity index is 1.63. The number of fused-ring (bicyclic) bond motifs is 1. The normalized spacial score (nSPS) is 17.1. The van der Waals surface area contributed by atoms with Gasteiger partial charge in [-0.2, -0.15) is 9.97 Å². The highest BCUT2D eigenvalue weighted by atomic mass is 16.5. The minimum absolute atomic E-state index is 0.0163. The minimum atomic E-state index is -0.0163. The van der Waals surface area contributed by atoms with Crippen molar-refractivity contribution in [1.29, 1.82) is 0 Å². The Morgan fingerprint density at radius 3 is 2.96 bits per heavy atom. The van der Waals surface area contributed by atoms with E-state index in [4.69, 9.17) is 14.1 Å². The van der Waals surface area contributed by atoms with Gasteiger partial charge in [0, 0.05) is 19.7 Å². The predicted octanol–water partition coefficient (Wildman–Crippen LogP) is 2.31. The minimum Gasteiger partial charge on any atom is -0.467 e. The van der Waals surface area contributed by atoms with Gasteiger partial charge in [0.15, 0.2) is 17.0 Å². The lowest BCUT2D eigenvalue weighted by Crippen LogP contribution is -2.22. The molecule has 0 bridgehead atoms. The van der Waals surface area contributed by atoms with E-state index >= 15 is 0 Å². The summed E-state index contributed by atoms with van der Waals surface area (Å²) in [6.07, 6.45) is 5.45. The molecule has 1 aliphatic heterocycles. The maximum absolute atomic E-state index is 5.82. The third kappa shape index (κ3) is 4.04. The molecule has 27 heavy (non-hydrogen) atoms. The van der Waals surface area contributed by atoms with Crippen LogP contribution >= 0.6 is 0 Å². The number of hydrogen-bond acceptors (Lipinski definition) is 8. The largest absolute Gasteiger partial charge is 0.467 e. The summed E-state index contributed by atoms with van der Waals surface area (Å²) in [5, 5.41) is 6.62. The van der Waals surface area contributed by atoms with Crippen molar-refractivity contribution >= 4 is 22.9 Å². The van der Waals surface area contributed by atoms with Crippen LogP contribution in [0.5, 0.6) is 0 Å². The Hall–Kier alpha value is -2.65. The Kier molecular flexibility index (Phi) is 5.21. The van der Waals surface area contributed by atoms with Gasteiger partial charge in [0.1, 0.15) is 12.0 Å². The SMILES string of the molecule is CN(C)CCNc1nc(NCc2ccco2)c2ncn(C3CCCO3)c2n1. The molecular formula is C18H25N7O2. The third-order valence-corrected chi connectivity index (χ3v) is 4.49. The quantitative estimate of drug-likeness (QED) is 0.623. The van der Waals surface area contributed by atoms with E-state index in [1.165, 1.54) is 0 Å². The van der Waals surface area contributed by atoms with Crippen molar-refractivity contribution in [2.45, 2.75) is 25.6 Å². The van der Waals surface area contributed by atoms with Crippen molar-refractivity contribution in [2.24, 2.45) is 0 Å². The third-order valence-electron chi connectivity index (χ3n) is 4.49. The summed E-state index contributed by atoms with van der Waals surface area (Å²) >= 11 is 0. The van der Waals surface area contributed by atoms with Gasteiger partial charge in [-0.25, -0.2) is 4.98 Å². The first-order chi connectivity index (χ1) is 13.2. The summed E-state index contributed by atoms with van der Waals surface area (Å²) < 4.78 is 13.2. The summed E-state index contributed by atoms with van der Waals surface area (Å²) in [5.74, 6) is 2.09. The van der Waals surface area contributed by atoms with Crippen LogP contribution in [-0.2, 0) is 11.3 Å². The maximum Gasteiger partial charge on any atom is 0.226 e. The Morgan fingerprint density at radius 2 is 2.22 bits per heavy atom. The molecule has 1 aliphatic rings. The van der Waals surface area contributed by atoms with Crippen LogP contribution in [0, 0.1) is 0 Å². The van der Waals surface area contributed by atoms with E-state index < -0.39 is 0 Å². The second-order valence-electron chi connectivity index (χ2n) is 6.85. The Labute approximate surface area is 157 Å². The van der Waals surface area contributed by atoms with Gasteiger partial charge >= 0.3 is 0 Å². The molecule has 1 atom stereocenters. The molecule has 4 heterocycles. The molecule has 2 N–H and O–H groups in total. The molecule has 0 amide bonds. The molecule has 9 nitrogen and oxygen atoms in total. The van der Waals surface area contributed by atoms with Gasteiger partial charge < -0.3 is 24.7 Å². The van der Waals surface area contributed by atoms with Crippen LogP contribution in [0.2, 0.25) is 0 Å². The van der Waals surface area contributed by atoms with E-state index in [-0.39, 0.29) is 6.23 Å². The number of imidazole rings is 1. The van der Waals surface area contributed by atoms with Gasteiger partial charge in [0.2, 0.25) is 5.95 Å². The lowest BCUT2D eigenvalue weighted by Gasteiger charge is -2.14. The van der Waals surface area contributed by atoms with Crippen molar-refractivity contribution in [1.82, 2.24) is 24.4 Å². The van der Waals surface area contributed by atoms with E-state index in [0.29, 0.717) is 18.3 Å². The predicted molar refractivity (Wildman–Crippen MR) is 103 cm³/mol. The smallest absolute Gasteiger partial charge is 0.226 e. The number of ether oxygens (including phenoxy) is 1. The fourth-order valence-electron chi connectivity index (χ4n) is 3.08. The Morgan fingerprint density at radius 1 is 1.30 bits per heavy atom. The van der Waals surface area contributed by atoms with E-state index in [1.807, 2.05) is 30.8 Å². The van der Waals surface area contributed by atoms with Crippen LogP contribution in [0.4, 0.5) is 11.8 Å². The fraction of sp³-hybridized carbons (Fsp3) is 0.500. The van der Waals surface area contributed by atoms with Gasteiger partial charge in [-0.05, 0) is 39.1 Å². The summed E-state index contributed by atoms with van der Waals surface area (Å²) in [6, 6.07) is 3.79. The van der Waals surface area contributed by atoms with Crippen molar-refractivity contribution < 1.29 is 9.15 Å². The van der Waals surface area contributed by atoms with E-state index in [2.05, 4.69) is 25.5 Å². The number of aromatic nitrogens is 4. The topological polar surface area (TPSA) is 93.3 Å². The van der Waals surface area contributed by atoms with Crippen molar-refractivity contribution in [2.75, 3.05) is 44.4 Å². The zero-order valence-electron chi connectivity index (χ0n) is 15.7. The van der Waals surface area contributed by atoms with Crippen molar-refractivity contribution in [3.05, 3.63) is 30.5 Å². The standard InChI is InChI=1S/C18H25N7O2/c1-24(2)8-7-19-18-22-16(20-11-13-5-3-9-26-13)15-17(23-18)25(12-21-15)14-6-4-10-27-14/h3,5,9,12,14H,4,6-8,10-11H2,1-2H3,(H2,19,20,22,23). The lowest BCUT2D eigenvalue weighted by atomic mass is 10.3. The lowest BCUT2D eigenvalue weighted by molar-refractivity contribution is 0.0593. The summed E-state index contributed by atoms with van der Waals surface area (Å²) in [4.78, 5) is 16.0. The van der Waals surface area contributed by atoms with Crippen molar-refractivity contribution in [3.63, 3.8) is 0 Å². The van der Waals surface area contributed by atoms with E-state index in [9.17, 15) is 0 Å². The number of furan rings is 1. The molecule has 0 radical (unpaired) electrons. The monoisotopic (exact) mass is 371 g/mol. The second kappa shape index (κ2) is 7.93. The molecule has 3 aromatic rings. The number of anilines is 2. The summed E-state index contributed by atoms with van der Waals surface area (Å²) in [7, 11) is 4.07. The summed E-state index contributed by atoms with van der Waals surface area (Å²) in [5.41, 5.74) is 1.50. The first-order valence-corrected chi connectivity index (χ1v) is 9.22. The fourth-order valence-corrected chi connectivity index (χ4v) is 3.08. The van der Waals surface area contributed by atoms with E-state index in [1.54, 1.807) is 12.6 Å². The molecule has 1 unspecified atom stereocenters. The van der Waals surface area contributed by atoms with Crippen molar-refractivity contribution in [3.8, 4) is 0 Å². The van der Waals surface area contributed by atoms with Crippen LogP contribution in [-0.4, -0.2) is 58.2 Å². The molecule has 0 aliphatic carbocycles. The summed E-state index contributed by atoms with van der Waals surface area (Å²) in [6.45, 7) is 2.95. The molecule has 3 aromatic heterocycles. The molecule has 0 aromatic carbocycles. The molecule has 4 rings (SSSR count). The Bertz CT molecular complexity index is 869. The van der Waals surface area contributed by atoms with Crippen LogP contribution in [0.25, 0.3) is 11.2 Å². The molecule has 9 heteroatoms. The number of rotatable bonds is 8. The number of nitrogens with zero attached hydrogens (tertiary/aromatic N) is 5. The second-order valence-corrected chi connectivity index (χ2v) is 6.85. The molecule has 1 saturated heterocycles. The number of hydrogen-bond donors (Lipinski definition) is 2. The van der Waals surface area contributed by atoms with Crippen LogP contribution in [0.3, 0.4) is 0 Å². The molecular weight excluding hydrogens is 346 g/mol. The highest BCUT2D eigenvalue weighted by Crippen LogP contribution is 2.29. The average molecular weight is 371 g/mol. The van der Waals surface area contributed by atoms with Crippen LogP contribution in [0.15, 0.2) is 29.1 Å². The zero-order chi connectivity index (χ0) is 18.6. The highest BCUT2D eigenvalue weighted by Gasteiger charge is 2.22. The molecule has 144 valence electrons. The molecule has 0 saturated carbocycles. The first-order valence-electron chi connectivity index (χ1n) is 9.22. The van der Waals surface area contributed by atoms with E-state index in [0.717, 1.165) is 49.5 Å². The molecule has 0 spiro atoms. The average Bonchev–Trinajstić information content (AvgIpc) is 3.39.